The van der Waals surface area contributed by atoms with E-state index in [1.54, 1.807) is 6.92 Å². The van der Waals surface area contributed by atoms with Gasteiger partial charge in [-0.15, -0.1) is 6.42 Å². The van der Waals surface area contributed by atoms with Crippen molar-refractivity contribution in [1.29, 1.82) is 0 Å². The van der Waals surface area contributed by atoms with E-state index in [-0.39, 0.29) is 18.2 Å². The maximum absolute atomic E-state index is 11.4. The first kappa shape index (κ1) is 13.3. The highest BCUT2D eigenvalue weighted by molar-refractivity contribution is 8.03. The summed E-state index contributed by atoms with van der Waals surface area (Å²) in [5.74, 6) is 2.54. The number of nitrogens with zero attached hydrogens (tertiary/aromatic N) is 1. The van der Waals surface area contributed by atoms with E-state index >= 15 is 0 Å². The lowest BCUT2D eigenvalue weighted by Crippen LogP contribution is -2.35. The summed E-state index contributed by atoms with van der Waals surface area (Å²) in [6.45, 7) is 1.88. The SMILES string of the molecule is C#CCN(C)C(=O)ONC1=C(C)NC(=O)CS1. The van der Waals surface area contributed by atoms with E-state index in [9.17, 15) is 9.59 Å². The zero-order valence-corrected chi connectivity index (χ0v) is 10.4. The number of amides is 2. The summed E-state index contributed by atoms with van der Waals surface area (Å²) in [4.78, 5) is 28.4. The van der Waals surface area contributed by atoms with Gasteiger partial charge in [0.25, 0.3) is 0 Å². The average Bonchev–Trinajstić information content (AvgIpc) is 2.27. The number of terminal acetylenes is 1. The number of carbonyl (C=O) groups excluding carboxylic acids is 2. The molecule has 92 valence electrons. The molecule has 2 amide bonds. The molecule has 0 aromatic rings. The number of hydrogen-bond donors (Lipinski definition) is 2. The van der Waals surface area contributed by atoms with E-state index in [0.29, 0.717) is 10.7 Å². The Balaban J connectivity index is 2.46. The molecule has 0 atom stereocenters. The van der Waals surface area contributed by atoms with Crippen LogP contribution < -0.4 is 10.8 Å². The first-order valence-corrected chi connectivity index (χ1v) is 5.78. The van der Waals surface area contributed by atoms with Gasteiger partial charge in [0, 0.05) is 12.7 Å². The molecule has 1 rings (SSSR count). The van der Waals surface area contributed by atoms with Crippen molar-refractivity contribution in [2.24, 2.45) is 0 Å². The van der Waals surface area contributed by atoms with Gasteiger partial charge in [-0.2, -0.15) is 0 Å². The molecule has 0 bridgehead atoms. The number of nitrogens with one attached hydrogen (secondary N) is 2. The van der Waals surface area contributed by atoms with Crippen LogP contribution in [0.2, 0.25) is 0 Å². The number of carbonyl (C=O) groups is 2. The Morgan fingerprint density at radius 2 is 2.47 bits per heavy atom. The minimum atomic E-state index is -0.583. The van der Waals surface area contributed by atoms with Crippen LogP contribution in [0.25, 0.3) is 0 Å². The second-order valence-corrected chi connectivity index (χ2v) is 4.31. The Morgan fingerprint density at radius 3 is 3.06 bits per heavy atom. The molecule has 7 heteroatoms. The van der Waals surface area contributed by atoms with Gasteiger partial charge in [0.2, 0.25) is 5.91 Å². The molecule has 6 nitrogen and oxygen atoms in total. The Bertz CT molecular complexity index is 400. The number of hydrogen-bond acceptors (Lipinski definition) is 5. The van der Waals surface area contributed by atoms with Crippen LogP contribution in [0.4, 0.5) is 4.79 Å². The molecule has 0 aromatic carbocycles. The molecule has 0 unspecified atom stereocenters. The van der Waals surface area contributed by atoms with Gasteiger partial charge in [-0.3, -0.25) is 9.69 Å². The second kappa shape index (κ2) is 6.06. The van der Waals surface area contributed by atoms with E-state index in [2.05, 4.69) is 16.7 Å². The highest BCUT2D eigenvalue weighted by Gasteiger charge is 2.17. The van der Waals surface area contributed by atoms with E-state index < -0.39 is 6.09 Å². The molecule has 0 radical (unpaired) electrons. The fourth-order valence-corrected chi connectivity index (χ4v) is 1.74. The largest absolute Gasteiger partial charge is 0.434 e. The summed E-state index contributed by atoms with van der Waals surface area (Å²) < 4.78 is 0. The quantitative estimate of drug-likeness (QED) is 0.558. The smallest absolute Gasteiger partial charge is 0.327 e. The molecular formula is C10H13N3O3S. The third kappa shape index (κ3) is 3.92. The van der Waals surface area contributed by atoms with Gasteiger partial charge in [0.1, 0.15) is 5.03 Å². The van der Waals surface area contributed by atoms with Gasteiger partial charge >= 0.3 is 6.09 Å². The van der Waals surface area contributed by atoms with Crippen molar-refractivity contribution in [3.05, 3.63) is 10.7 Å². The van der Waals surface area contributed by atoms with Gasteiger partial charge in [-0.1, -0.05) is 17.7 Å². The first-order chi connectivity index (χ1) is 8.04. The fraction of sp³-hybridized carbons (Fsp3) is 0.400. The molecule has 0 saturated heterocycles. The molecule has 0 spiro atoms. The van der Waals surface area contributed by atoms with E-state index in [1.807, 2.05) is 0 Å². The molecule has 1 aliphatic rings. The third-order valence-electron chi connectivity index (χ3n) is 1.89. The Labute approximate surface area is 104 Å². The predicted octanol–water partition coefficient (Wildman–Crippen LogP) is 0.245. The molecule has 0 fully saturated rings. The average molecular weight is 255 g/mol. The van der Waals surface area contributed by atoms with Crippen molar-refractivity contribution < 1.29 is 14.4 Å². The van der Waals surface area contributed by atoms with Crippen LogP contribution in [0.5, 0.6) is 0 Å². The van der Waals surface area contributed by atoms with Crippen LogP contribution >= 0.6 is 11.8 Å². The van der Waals surface area contributed by atoms with Crippen molar-refractivity contribution in [3.63, 3.8) is 0 Å². The minimum absolute atomic E-state index is 0.0752. The summed E-state index contributed by atoms with van der Waals surface area (Å²) in [6.07, 6.45) is 4.48. The summed E-state index contributed by atoms with van der Waals surface area (Å²) >= 11 is 1.27. The van der Waals surface area contributed by atoms with Crippen LogP contribution in [0.3, 0.4) is 0 Å². The Kier molecular flexibility index (Phi) is 4.72. The third-order valence-corrected chi connectivity index (χ3v) is 2.97. The predicted molar refractivity (Wildman–Crippen MR) is 64.4 cm³/mol. The number of rotatable bonds is 3. The van der Waals surface area contributed by atoms with E-state index in [0.717, 1.165) is 0 Å². The summed E-state index contributed by atoms with van der Waals surface area (Å²) in [6, 6.07) is 0. The van der Waals surface area contributed by atoms with E-state index in [1.165, 1.54) is 23.7 Å². The second-order valence-electron chi connectivity index (χ2n) is 3.32. The lowest BCUT2D eigenvalue weighted by molar-refractivity contribution is -0.118. The molecule has 17 heavy (non-hydrogen) atoms. The molecule has 1 heterocycles. The van der Waals surface area contributed by atoms with Crippen LogP contribution in [-0.4, -0.2) is 36.2 Å². The Hall–Kier alpha value is -1.81. The molecule has 0 aliphatic carbocycles. The molecular weight excluding hydrogens is 242 g/mol. The summed E-state index contributed by atoms with van der Waals surface area (Å²) in [5.41, 5.74) is 3.12. The standard InChI is InChI=1S/C10H13N3O3S/c1-4-5-13(3)10(15)16-12-9-7(2)11-8(14)6-17-9/h1,12H,5-6H2,2-3H3,(H,11,14). The van der Waals surface area contributed by atoms with Gasteiger partial charge in [0.15, 0.2) is 0 Å². The highest BCUT2D eigenvalue weighted by atomic mass is 32.2. The van der Waals surface area contributed by atoms with Crippen LogP contribution in [-0.2, 0) is 9.63 Å². The lowest BCUT2D eigenvalue weighted by atomic mass is 10.5. The van der Waals surface area contributed by atoms with Crippen molar-refractivity contribution in [2.45, 2.75) is 6.92 Å². The van der Waals surface area contributed by atoms with Gasteiger partial charge in [-0.25, -0.2) is 10.3 Å². The van der Waals surface area contributed by atoms with Crippen molar-refractivity contribution in [2.75, 3.05) is 19.3 Å². The lowest BCUT2D eigenvalue weighted by Gasteiger charge is -2.20. The fourth-order valence-electron chi connectivity index (χ4n) is 1.02. The van der Waals surface area contributed by atoms with Crippen LogP contribution in [0.1, 0.15) is 6.92 Å². The van der Waals surface area contributed by atoms with Gasteiger partial charge < -0.3 is 10.2 Å². The topological polar surface area (TPSA) is 70.7 Å². The molecule has 1 aliphatic heterocycles. The highest BCUT2D eigenvalue weighted by Crippen LogP contribution is 2.19. The summed E-state index contributed by atoms with van der Waals surface area (Å²) in [7, 11) is 1.53. The molecule has 0 aromatic heterocycles. The minimum Gasteiger partial charge on any atom is -0.327 e. The van der Waals surface area contributed by atoms with Gasteiger partial charge in [0.05, 0.1) is 12.3 Å². The van der Waals surface area contributed by atoms with Crippen molar-refractivity contribution >= 4 is 23.8 Å². The van der Waals surface area contributed by atoms with Crippen molar-refractivity contribution in [1.82, 2.24) is 15.7 Å². The van der Waals surface area contributed by atoms with Crippen LogP contribution in [0.15, 0.2) is 10.7 Å². The first-order valence-electron chi connectivity index (χ1n) is 4.79. The normalized spacial score (nSPS) is 14.8. The number of hydroxylamine groups is 1. The van der Waals surface area contributed by atoms with E-state index in [4.69, 9.17) is 11.3 Å². The summed E-state index contributed by atoms with van der Waals surface area (Å²) in [5, 5.41) is 3.23. The maximum Gasteiger partial charge on any atom is 0.434 e. The number of allylic oxidation sites excluding steroid dienone is 1. The number of thioether (sulfide) groups is 1. The molecule has 2 N–H and O–H groups in total. The molecule has 0 saturated carbocycles. The van der Waals surface area contributed by atoms with Crippen molar-refractivity contribution in [3.8, 4) is 12.3 Å². The van der Waals surface area contributed by atoms with Crippen LogP contribution in [0, 0.1) is 12.3 Å². The Morgan fingerprint density at radius 1 is 1.76 bits per heavy atom. The maximum atomic E-state index is 11.4. The van der Waals surface area contributed by atoms with Gasteiger partial charge in [-0.05, 0) is 6.92 Å². The zero-order chi connectivity index (χ0) is 12.8. The monoisotopic (exact) mass is 255 g/mol. The zero-order valence-electron chi connectivity index (χ0n) is 9.57.